The van der Waals surface area contributed by atoms with Gasteiger partial charge in [-0.05, 0) is 25.5 Å². The molecule has 1 aromatic carbocycles. The van der Waals surface area contributed by atoms with Gasteiger partial charge in [0.25, 0.3) is 0 Å². The molecular formula is C19H23F2N5O. The summed E-state index contributed by atoms with van der Waals surface area (Å²) in [6.45, 7) is 6.98. The van der Waals surface area contributed by atoms with Crippen LogP contribution in [0.15, 0.2) is 24.3 Å². The Hall–Kier alpha value is -2.77. The molecule has 144 valence electrons. The third-order valence-corrected chi connectivity index (χ3v) is 4.49. The van der Waals surface area contributed by atoms with Crippen LogP contribution in [0.3, 0.4) is 0 Å². The lowest BCUT2D eigenvalue weighted by Crippen LogP contribution is -2.49. The van der Waals surface area contributed by atoms with Crippen LogP contribution < -0.4 is 10.2 Å². The monoisotopic (exact) mass is 375 g/mol. The van der Waals surface area contributed by atoms with E-state index in [-0.39, 0.29) is 17.9 Å². The van der Waals surface area contributed by atoms with Gasteiger partial charge in [0, 0.05) is 50.6 Å². The third-order valence-electron chi connectivity index (χ3n) is 4.49. The molecule has 1 N–H and O–H groups in total. The molecule has 0 spiro atoms. The Kier molecular flexibility index (Phi) is 5.83. The maximum absolute atomic E-state index is 13.8. The molecule has 6 nitrogen and oxygen atoms in total. The highest BCUT2D eigenvalue weighted by atomic mass is 19.1. The zero-order valence-corrected chi connectivity index (χ0v) is 15.5. The fraction of sp³-hybridized carbons (Fsp3) is 0.421. The highest BCUT2D eigenvalue weighted by Gasteiger charge is 2.23. The topological polar surface area (TPSA) is 61.4 Å². The van der Waals surface area contributed by atoms with Crippen molar-refractivity contribution in [2.24, 2.45) is 0 Å². The Morgan fingerprint density at radius 3 is 2.56 bits per heavy atom. The molecule has 1 amide bonds. The second-order valence-electron chi connectivity index (χ2n) is 6.50. The molecule has 27 heavy (non-hydrogen) atoms. The fourth-order valence-corrected chi connectivity index (χ4v) is 3.08. The van der Waals surface area contributed by atoms with Gasteiger partial charge in [-0.3, -0.25) is 4.79 Å². The van der Waals surface area contributed by atoms with Gasteiger partial charge in [-0.15, -0.1) is 0 Å². The van der Waals surface area contributed by atoms with Crippen LogP contribution in [-0.2, 0) is 11.2 Å². The first kappa shape index (κ1) is 19.0. The molecule has 2 aromatic rings. The van der Waals surface area contributed by atoms with E-state index in [1.165, 1.54) is 12.1 Å². The van der Waals surface area contributed by atoms with Gasteiger partial charge in [0.15, 0.2) is 0 Å². The van der Waals surface area contributed by atoms with E-state index in [9.17, 15) is 13.6 Å². The molecule has 1 aliphatic rings. The van der Waals surface area contributed by atoms with E-state index in [1.807, 2.05) is 19.9 Å². The van der Waals surface area contributed by atoms with Crippen molar-refractivity contribution in [3.05, 3.63) is 47.2 Å². The number of nitrogens with zero attached hydrogens (tertiary/aromatic N) is 4. The number of anilines is 2. The first-order chi connectivity index (χ1) is 13.0. The van der Waals surface area contributed by atoms with Gasteiger partial charge in [-0.2, -0.15) is 4.98 Å². The quantitative estimate of drug-likeness (QED) is 0.870. The van der Waals surface area contributed by atoms with Crippen molar-refractivity contribution < 1.29 is 13.6 Å². The van der Waals surface area contributed by atoms with Crippen LogP contribution in [0.4, 0.5) is 20.5 Å². The molecule has 1 fully saturated rings. The van der Waals surface area contributed by atoms with Gasteiger partial charge >= 0.3 is 0 Å². The average Bonchev–Trinajstić information content (AvgIpc) is 2.64. The van der Waals surface area contributed by atoms with Crippen LogP contribution in [0.25, 0.3) is 0 Å². The highest BCUT2D eigenvalue weighted by molar-refractivity contribution is 5.79. The lowest BCUT2D eigenvalue weighted by Gasteiger charge is -2.35. The van der Waals surface area contributed by atoms with Crippen LogP contribution in [-0.4, -0.2) is 53.5 Å². The Morgan fingerprint density at radius 2 is 1.89 bits per heavy atom. The molecule has 0 atom stereocenters. The summed E-state index contributed by atoms with van der Waals surface area (Å²) in [6.07, 6.45) is -0.0662. The normalized spacial score (nSPS) is 14.4. The van der Waals surface area contributed by atoms with E-state index in [1.54, 1.807) is 4.90 Å². The number of hydrogen-bond donors (Lipinski definition) is 1. The number of nitrogens with one attached hydrogen (secondary N) is 1. The summed E-state index contributed by atoms with van der Waals surface area (Å²) in [4.78, 5) is 25.1. The number of piperazine rings is 1. The number of carbonyl (C=O) groups is 1. The van der Waals surface area contributed by atoms with Gasteiger partial charge in [0.1, 0.15) is 17.5 Å². The van der Waals surface area contributed by atoms with Gasteiger partial charge in [0.2, 0.25) is 11.9 Å². The van der Waals surface area contributed by atoms with Gasteiger partial charge in [0.05, 0.1) is 6.42 Å². The molecule has 0 unspecified atom stereocenters. The minimum atomic E-state index is -0.686. The molecule has 2 heterocycles. The van der Waals surface area contributed by atoms with Crippen molar-refractivity contribution in [1.29, 1.82) is 0 Å². The van der Waals surface area contributed by atoms with Crippen molar-refractivity contribution >= 4 is 17.7 Å². The van der Waals surface area contributed by atoms with E-state index >= 15 is 0 Å². The smallest absolute Gasteiger partial charge is 0.227 e. The summed E-state index contributed by atoms with van der Waals surface area (Å²) in [7, 11) is 0. The Balaban J connectivity index is 1.60. The van der Waals surface area contributed by atoms with Crippen molar-refractivity contribution in [3.8, 4) is 0 Å². The number of amides is 1. The minimum Gasteiger partial charge on any atom is -0.354 e. The lowest BCUT2D eigenvalue weighted by atomic mass is 10.1. The summed E-state index contributed by atoms with van der Waals surface area (Å²) < 4.78 is 26.8. The SMILES string of the molecule is CCNc1nc(C)cc(N2CCN(C(=O)Cc3ccc(F)cc3F)CC2)n1. The highest BCUT2D eigenvalue weighted by Crippen LogP contribution is 2.18. The zero-order valence-electron chi connectivity index (χ0n) is 15.5. The molecule has 0 aliphatic carbocycles. The Labute approximate surface area is 157 Å². The first-order valence-electron chi connectivity index (χ1n) is 9.02. The number of carbonyl (C=O) groups excluding carboxylic acids is 1. The summed E-state index contributed by atoms with van der Waals surface area (Å²) in [5.41, 5.74) is 1.09. The predicted molar refractivity (Wildman–Crippen MR) is 99.8 cm³/mol. The van der Waals surface area contributed by atoms with E-state index in [0.29, 0.717) is 32.1 Å². The van der Waals surface area contributed by atoms with Crippen molar-refractivity contribution in [3.63, 3.8) is 0 Å². The molecule has 0 radical (unpaired) electrons. The maximum Gasteiger partial charge on any atom is 0.227 e. The predicted octanol–water partition coefficient (Wildman–Crippen LogP) is 2.39. The van der Waals surface area contributed by atoms with Crippen molar-refractivity contribution in [2.75, 3.05) is 42.9 Å². The van der Waals surface area contributed by atoms with Crippen LogP contribution in [0.2, 0.25) is 0 Å². The largest absolute Gasteiger partial charge is 0.354 e. The maximum atomic E-state index is 13.8. The summed E-state index contributed by atoms with van der Waals surface area (Å²) >= 11 is 0. The summed E-state index contributed by atoms with van der Waals surface area (Å²) in [5.74, 6) is -0.0657. The van der Waals surface area contributed by atoms with Gasteiger partial charge in [-0.25, -0.2) is 13.8 Å². The van der Waals surface area contributed by atoms with E-state index in [4.69, 9.17) is 0 Å². The fourth-order valence-electron chi connectivity index (χ4n) is 3.08. The summed E-state index contributed by atoms with van der Waals surface area (Å²) in [6, 6.07) is 5.22. The average molecular weight is 375 g/mol. The number of aromatic nitrogens is 2. The van der Waals surface area contributed by atoms with Crippen LogP contribution in [0.5, 0.6) is 0 Å². The van der Waals surface area contributed by atoms with Crippen LogP contribution in [0.1, 0.15) is 18.2 Å². The Bertz CT molecular complexity index is 822. The van der Waals surface area contributed by atoms with Crippen molar-refractivity contribution in [2.45, 2.75) is 20.3 Å². The summed E-state index contributed by atoms with van der Waals surface area (Å²) in [5, 5.41) is 3.12. The molecule has 8 heteroatoms. The Morgan fingerprint density at radius 1 is 1.15 bits per heavy atom. The third kappa shape index (κ3) is 4.69. The van der Waals surface area contributed by atoms with E-state index in [0.717, 1.165) is 24.1 Å². The number of benzene rings is 1. The molecular weight excluding hydrogens is 352 g/mol. The number of halogens is 2. The van der Waals surface area contributed by atoms with E-state index < -0.39 is 11.6 Å². The second-order valence-corrected chi connectivity index (χ2v) is 6.50. The van der Waals surface area contributed by atoms with Crippen molar-refractivity contribution in [1.82, 2.24) is 14.9 Å². The molecule has 0 saturated carbocycles. The molecule has 1 saturated heterocycles. The number of rotatable bonds is 5. The molecule has 1 aromatic heterocycles. The second kappa shape index (κ2) is 8.28. The van der Waals surface area contributed by atoms with Crippen LogP contribution >= 0.6 is 0 Å². The van der Waals surface area contributed by atoms with Gasteiger partial charge in [-0.1, -0.05) is 6.07 Å². The zero-order chi connectivity index (χ0) is 19.4. The molecule has 0 bridgehead atoms. The number of hydrogen-bond acceptors (Lipinski definition) is 5. The van der Waals surface area contributed by atoms with Gasteiger partial charge < -0.3 is 15.1 Å². The first-order valence-corrected chi connectivity index (χ1v) is 9.02. The standard InChI is InChI=1S/C19H23F2N5O/c1-3-22-19-23-13(2)10-17(24-19)25-6-8-26(9-7-25)18(27)11-14-4-5-15(20)12-16(14)21/h4-5,10,12H,3,6-9,11H2,1-2H3,(H,22,23,24). The van der Waals surface area contributed by atoms with Crippen LogP contribution in [0, 0.1) is 18.6 Å². The molecule has 1 aliphatic heterocycles. The minimum absolute atomic E-state index is 0.0662. The number of aryl methyl sites for hydroxylation is 1. The van der Waals surface area contributed by atoms with E-state index in [2.05, 4.69) is 20.2 Å². The lowest BCUT2D eigenvalue weighted by molar-refractivity contribution is -0.130. The molecule has 3 rings (SSSR count).